The first kappa shape index (κ1) is 29.8. The van der Waals surface area contributed by atoms with Gasteiger partial charge in [-0.15, -0.1) is 0 Å². The Hall–Kier alpha value is -5.19. The van der Waals surface area contributed by atoms with Crippen molar-refractivity contribution in [2.45, 2.75) is 38.1 Å². The zero-order chi connectivity index (χ0) is 29.9. The Balaban J connectivity index is 1.29. The molecule has 0 heterocycles. The molecule has 218 valence electrons. The number of para-hydroxylation sites is 1. The van der Waals surface area contributed by atoms with E-state index in [0.717, 1.165) is 25.7 Å². The van der Waals surface area contributed by atoms with Crippen molar-refractivity contribution >= 4 is 35.6 Å². The fourth-order valence-corrected chi connectivity index (χ4v) is 4.45. The number of esters is 1. The van der Waals surface area contributed by atoms with Gasteiger partial charge in [0.25, 0.3) is 5.91 Å². The Morgan fingerprint density at radius 2 is 1.55 bits per heavy atom. The molecule has 1 aliphatic rings. The molecule has 0 atom stereocenters. The van der Waals surface area contributed by atoms with Crippen molar-refractivity contribution < 1.29 is 33.4 Å². The van der Waals surface area contributed by atoms with Crippen molar-refractivity contribution in [3.63, 3.8) is 0 Å². The molecule has 0 spiro atoms. The summed E-state index contributed by atoms with van der Waals surface area (Å²) in [6.45, 7) is 0. The van der Waals surface area contributed by atoms with Gasteiger partial charge in [0, 0.05) is 6.04 Å². The molecule has 3 N–H and O–H groups in total. The van der Waals surface area contributed by atoms with Crippen LogP contribution in [0.4, 0.5) is 5.69 Å². The molecular formula is C31H32N4O7. The number of nitrogens with one attached hydrogen (secondary N) is 3. The monoisotopic (exact) mass is 572 g/mol. The van der Waals surface area contributed by atoms with Gasteiger partial charge in [-0.25, -0.2) is 10.2 Å². The van der Waals surface area contributed by atoms with Crippen LogP contribution < -0.4 is 30.3 Å². The maximum Gasteiger partial charge on any atom is 0.343 e. The van der Waals surface area contributed by atoms with Gasteiger partial charge in [0.2, 0.25) is 0 Å². The predicted octanol–water partition coefficient (Wildman–Crippen LogP) is 4.07. The first-order chi connectivity index (χ1) is 20.4. The van der Waals surface area contributed by atoms with E-state index in [9.17, 15) is 19.2 Å². The average Bonchev–Trinajstić information content (AvgIpc) is 3.02. The van der Waals surface area contributed by atoms with Gasteiger partial charge < -0.3 is 24.8 Å². The minimum Gasteiger partial charge on any atom is -0.493 e. The van der Waals surface area contributed by atoms with Gasteiger partial charge in [-0.2, -0.15) is 5.10 Å². The van der Waals surface area contributed by atoms with Crippen LogP contribution in [0.5, 0.6) is 17.2 Å². The first-order valence-corrected chi connectivity index (χ1v) is 13.5. The van der Waals surface area contributed by atoms with Gasteiger partial charge in [-0.05, 0) is 73.0 Å². The summed E-state index contributed by atoms with van der Waals surface area (Å²) < 4.78 is 15.8. The van der Waals surface area contributed by atoms with Crippen LogP contribution in [0.15, 0.2) is 71.8 Å². The number of anilines is 1. The molecule has 0 aliphatic heterocycles. The second kappa shape index (κ2) is 14.4. The van der Waals surface area contributed by atoms with Crippen molar-refractivity contribution in [1.82, 2.24) is 10.7 Å². The van der Waals surface area contributed by atoms with Crippen LogP contribution in [-0.2, 0) is 9.59 Å². The molecule has 42 heavy (non-hydrogen) atoms. The Kier molecular flexibility index (Phi) is 10.2. The van der Waals surface area contributed by atoms with E-state index in [1.165, 1.54) is 32.9 Å². The fourth-order valence-electron chi connectivity index (χ4n) is 4.45. The summed E-state index contributed by atoms with van der Waals surface area (Å²) in [4.78, 5) is 50.1. The molecule has 1 aliphatic carbocycles. The second-order valence-corrected chi connectivity index (χ2v) is 9.54. The second-order valence-electron chi connectivity index (χ2n) is 9.54. The van der Waals surface area contributed by atoms with Gasteiger partial charge in [-0.1, -0.05) is 31.4 Å². The van der Waals surface area contributed by atoms with Crippen molar-refractivity contribution in [3.05, 3.63) is 83.4 Å². The summed E-state index contributed by atoms with van der Waals surface area (Å²) >= 11 is 0. The van der Waals surface area contributed by atoms with E-state index < -0.39 is 17.8 Å². The van der Waals surface area contributed by atoms with Crippen LogP contribution in [0.3, 0.4) is 0 Å². The molecule has 3 amide bonds. The number of amides is 3. The molecule has 3 aromatic carbocycles. The molecule has 3 aromatic rings. The number of benzene rings is 3. The highest BCUT2D eigenvalue weighted by molar-refractivity contribution is 6.40. The maximum atomic E-state index is 12.8. The minimum absolute atomic E-state index is 0.103. The van der Waals surface area contributed by atoms with Crippen LogP contribution in [-0.4, -0.2) is 50.2 Å². The third-order valence-corrected chi connectivity index (χ3v) is 6.66. The number of hydrazone groups is 1. The Bertz CT molecular complexity index is 1460. The highest BCUT2D eigenvalue weighted by Gasteiger charge is 2.21. The number of hydrogen-bond donors (Lipinski definition) is 3. The van der Waals surface area contributed by atoms with Crippen molar-refractivity contribution in [2.24, 2.45) is 5.10 Å². The summed E-state index contributed by atoms with van der Waals surface area (Å²) in [7, 11) is 2.97. The van der Waals surface area contributed by atoms with Crippen molar-refractivity contribution in [3.8, 4) is 17.2 Å². The standard InChI is InChI=1S/C31H32N4O7/c1-40-26-17-14-21(18-27(26)41-2)31(39)42-23-15-12-20(13-16-23)19-32-35-30(38)29(37)34-25-11-7-6-10-24(25)28(36)33-22-8-4-3-5-9-22/h6-7,10-19,22H,3-5,8-9H2,1-2H3,(H,33,36)(H,34,37)(H,35,38)/b32-19+. The molecule has 0 bridgehead atoms. The maximum absolute atomic E-state index is 12.8. The van der Waals surface area contributed by atoms with Gasteiger partial charge >= 0.3 is 17.8 Å². The van der Waals surface area contributed by atoms with Gasteiger partial charge in [0.15, 0.2) is 11.5 Å². The van der Waals surface area contributed by atoms with E-state index in [1.54, 1.807) is 60.7 Å². The molecular weight excluding hydrogens is 540 g/mol. The molecule has 1 fully saturated rings. The number of carbonyl (C=O) groups is 4. The van der Waals surface area contributed by atoms with E-state index in [-0.39, 0.29) is 28.8 Å². The minimum atomic E-state index is -1.01. The Morgan fingerprint density at radius 3 is 2.26 bits per heavy atom. The van der Waals surface area contributed by atoms with E-state index in [4.69, 9.17) is 14.2 Å². The van der Waals surface area contributed by atoms with E-state index in [1.807, 2.05) is 0 Å². The van der Waals surface area contributed by atoms with Crippen LogP contribution in [0, 0.1) is 0 Å². The lowest BCUT2D eigenvalue weighted by molar-refractivity contribution is -0.136. The molecule has 0 unspecified atom stereocenters. The van der Waals surface area contributed by atoms with E-state index in [0.29, 0.717) is 22.8 Å². The van der Waals surface area contributed by atoms with Crippen LogP contribution in [0.2, 0.25) is 0 Å². The third kappa shape index (κ3) is 7.94. The quantitative estimate of drug-likeness (QED) is 0.115. The van der Waals surface area contributed by atoms with Gasteiger partial charge in [0.05, 0.1) is 37.2 Å². The predicted molar refractivity (Wildman–Crippen MR) is 156 cm³/mol. The normalized spacial score (nSPS) is 13.2. The van der Waals surface area contributed by atoms with Crippen LogP contribution >= 0.6 is 0 Å². The van der Waals surface area contributed by atoms with Crippen LogP contribution in [0.1, 0.15) is 58.4 Å². The highest BCUT2D eigenvalue weighted by Crippen LogP contribution is 2.28. The number of carbonyl (C=O) groups excluding carboxylic acids is 4. The zero-order valence-electron chi connectivity index (χ0n) is 23.3. The zero-order valence-corrected chi connectivity index (χ0v) is 23.3. The lowest BCUT2D eigenvalue weighted by Crippen LogP contribution is -2.37. The van der Waals surface area contributed by atoms with Crippen molar-refractivity contribution in [1.29, 1.82) is 0 Å². The number of hydrogen-bond acceptors (Lipinski definition) is 8. The lowest BCUT2D eigenvalue weighted by atomic mass is 9.95. The topological polar surface area (TPSA) is 144 Å². The average molecular weight is 573 g/mol. The smallest absolute Gasteiger partial charge is 0.343 e. The Morgan fingerprint density at radius 1 is 0.833 bits per heavy atom. The van der Waals surface area contributed by atoms with Gasteiger partial charge in [-0.3, -0.25) is 14.4 Å². The largest absolute Gasteiger partial charge is 0.493 e. The van der Waals surface area contributed by atoms with Gasteiger partial charge in [0.1, 0.15) is 5.75 Å². The van der Waals surface area contributed by atoms with Crippen LogP contribution in [0.25, 0.3) is 0 Å². The number of nitrogens with zero attached hydrogens (tertiary/aromatic N) is 1. The van der Waals surface area contributed by atoms with E-state index >= 15 is 0 Å². The summed E-state index contributed by atoms with van der Waals surface area (Å²) in [5, 5.41) is 9.31. The summed E-state index contributed by atoms with van der Waals surface area (Å²) in [6, 6.07) is 17.7. The molecule has 11 nitrogen and oxygen atoms in total. The number of rotatable bonds is 9. The SMILES string of the molecule is COc1ccc(C(=O)Oc2ccc(/C=N/NC(=O)C(=O)Nc3ccccc3C(=O)NC3CCCCC3)cc2)cc1OC. The number of ether oxygens (including phenoxy) is 3. The third-order valence-electron chi connectivity index (χ3n) is 6.66. The first-order valence-electron chi connectivity index (χ1n) is 13.5. The Labute approximate surface area is 243 Å². The molecule has 0 aromatic heterocycles. The molecule has 4 rings (SSSR count). The lowest BCUT2D eigenvalue weighted by Gasteiger charge is -2.23. The fraction of sp³-hybridized carbons (Fsp3) is 0.258. The molecule has 0 radical (unpaired) electrons. The molecule has 0 saturated heterocycles. The molecule has 1 saturated carbocycles. The van der Waals surface area contributed by atoms with E-state index in [2.05, 4.69) is 21.2 Å². The summed E-state index contributed by atoms with van der Waals surface area (Å²) in [5.74, 6) is -1.67. The molecule has 11 heteroatoms. The number of methoxy groups -OCH3 is 2. The highest BCUT2D eigenvalue weighted by atomic mass is 16.5. The van der Waals surface area contributed by atoms with Crippen molar-refractivity contribution in [2.75, 3.05) is 19.5 Å². The summed E-state index contributed by atoms with van der Waals surface area (Å²) in [5.41, 5.74) is 3.53. The summed E-state index contributed by atoms with van der Waals surface area (Å²) in [6.07, 6.45) is 6.49.